The largest absolute Gasteiger partial charge is 2.00 e. The van der Waals surface area contributed by atoms with Crippen molar-refractivity contribution in [2.75, 3.05) is 13.1 Å². The van der Waals surface area contributed by atoms with Gasteiger partial charge in [0, 0.05) is 0 Å². The molecule has 0 aliphatic carbocycles. The second-order valence-electron chi connectivity index (χ2n) is 0.500. The minimum atomic E-state index is 0. The molecule has 0 aromatic rings. The van der Waals surface area contributed by atoms with Gasteiger partial charge in [0.25, 0.3) is 0 Å². The molecule has 2 N–H and O–H groups in total. The zero-order valence-corrected chi connectivity index (χ0v) is 6.09. The fraction of sp³-hybridized carbons (Fsp3) is 1.00. The van der Waals surface area contributed by atoms with E-state index in [1.165, 1.54) is 0 Å². The van der Waals surface area contributed by atoms with Gasteiger partial charge in [-0.05, 0) is 0 Å². The molecule has 3 heteroatoms. The van der Waals surface area contributed by atoms with Gasteiger partial charge in [0.2, 0.25) is 0 Å². The number of hydrogen-bond acceptors (Lipinski definition) is 0. The van der Waals surface area contributed by atoms with E-state index < -0.39 is 0 Å². The van der Waals surface area contributed by atoms with Gasteiger partial charge in [-0.1, -0.05) is 0 Å². The first kappa shape index (κ1) is 9.11. The second-order valence-corrected chi connectivity index (χ2v) is 0.500. The van der Waals surface area contributed by atoms with Crippen molar-refractivity contribution in [3.05, 3.63) is 11.5 Å². The fourth-order valence-corrected chi connectivity index (χ4v) is 0. The van der Waals surface area contributed by atoms with Gasteiger partial charge in [0.15, 0.2) is 0 Å². The Morgan fingerprint density at radius 3 is 1.20 bits per heavy atom. The molecule has 0 aromatic heterocycles. The van der Waals surface area contributed by atoms with Gasteiger partial charge in [0.05, 0.1) is 0 Å². The molecule has 0 aliphatic heterocycles. The van der Waals surface area contributed by atoms with Crippen LogP contribution in [-0.4, -0.2) is 13.1 Å². The molecule has 0 heterocycles. The zero-order chi connectivity index (χ0) is 3.41. The van der Waals surface area contributed by atoms with Crippen LogP contribution in [0.15, 0.2) is 0 Å². The molecule has 2 nitrogen and oxygen atoms in total. The van der Waals surface area contributed by atoms with Crippen molar-refractivity contribution in [2.45, 2.75) is 0 Å². The van der Waals surface area contributed by atoms with Crippen LogP contribution in [0.5, 0.6) is 0 Å². The number of rotatable bonds is 1. The predicted octanol–water partition coefficient (Wildman–Crippen LogP) is 1.09. The molecule has 0 aliphatic rings. The van der Waals surface area contributed by atoms with Crippen LogP contribution in [0.4, 0.5) is 0 Å². The molecular formula is C2H6N2Zn. The standard InChI is InChI=1S/C2H6N2.Zn/c3-1-2-4;/h3-4H,1-2H2;/q-2;+2. The SMILES string of the molecule is [NH-]CC[NH-].[Zn+2]. The molecule has 0 aromatic carbocycles. The summed E-state index contributed by atoms with van der Waals surface area (Å²) in [6.07, 6.45) is 0. The Kier molecular flexibility index (Phi) is 16.1. The summed E-state index contributed by atoms with van der Waals surface area (Å²) in [5.41, 5.74) is 12.5. The second kappa shape index (κ2) is 8.82. The minimum absolute atomic E-state index is 0. The van der Waals surface area contributed by atoms with E-state index in [0.29, 0.717) is 0 Å². The summed E-state index contributed by atoms with van der Waals surface area (Å²) in [6.45, 7) is 0.472. The summed E-state index contributed by atoms with van der Waals surface area (Å²) >= 11 is 0. The van der Waals surface area contributed by atoms with E-state index >= 15 is 0 Å². The van der Waals surface area contributed by atoms with E-state index in [1.54, 1.807) is 0 Å². The van der Waals surface area contributed by atoms with E-state index in [1.807, 2.05) is 0 Å². The minimum Gasteiger partial charge on any atom is -0.679 e. The Bertz CT molecular complexity index is 9.61. The van der Waals surface area contributed by atoms with Crippen LogP contribution >= 0.6 is 0 Å². The quantitative estimate of drug-likeness (QED) is 0.469. The van der Waals surface area contributed by atoms with Crippen molar-refractivity contribution in [1.29, 1.82) is 0 Å². The molecule has 0 radical (unpaired) electrons. The van der Waals surface area contributed by atoms with Gasteiger partial charge in [-0.25, -0.2) is 0 Å². The van der Waals surface area contributed by atoms with Crippen molar-refractivity contribution >= 4 is 0 Å². The molecule has 0 bridgehead atoms. The maximum atomic E-state index is 6.26. The maximum absolute atomic E-state index is 6.26. The van der Waals surface area contributed by atoms with E-state index in [0.717, 1.165) is 0 Å². The Morgan fingerprint density at radius 1 is 1.00 bits per heavy atom. The molecule has 26 valence electrons. The van der Waals surface area contributed by atoms with Crippen molar-refractivity contribution in [2.24, 2.45) is 0 Å². The Hall–Kier alpha value is 0.543. The van der Waals surface area contributed by atoms with Gasteiger partial charge >= 0.3 is 19.5 Å². The van der Waals surface area contributed by atoms with Crippen LogP contribution in [-0.2, 0) is 19.5 Å². The topological polar surface area (TPSA) is 47.6 Å². The smallest absolute Gasteiger partial charge is 0.679 e. The molecule has 0 saturated carbocycles. The maximum Gasteiger partial charge on any atom is 2.00 e. The van der Waals surface area contributed by atoms with Crippen molar-refractivity contribution in [1.82, 2.24) is 0 Å². The van der Waals surface area contributed by atoms with Crippen LogP contribution in [0.3, 0.4) is 0 Å². The average Bonchev–Trinajstić information content (AvgIpc) is 1.37. The van der Waals surface area contributed by atoms with E-state index in [4.69, 9.17) is 11.5 Å². The Balaban J connectivity index is 0. The van der Waals surface area contributed by atoms with Crippen molar-refractivity contribution in [3.63, 3.8) is 0 Å². The van der Waals surface area contributed by atoms with E-state index in [9.17, 15) is 0 Å². The molecule has 0 amide bonds. The van der Waals surface area contributed by atoms with E-state index in [2.05, 4.69) is 0 Å². The molecule has 0 unspecified atom stereocenters. The van der Waals surface area contributed by atoms with Crippen LogP contribution in [0, 0.1) is 0 Å². The van der Waals surface area contributed by atoms with Crippen LogP contribution in [0.2, 0.25) is 0 Å². The molecular weight excluding hydrogens is 117 g/mol. The van der Waals surface area contributed by atoms with Crippen molar-refractivity contribution in [3.8, 4) is 0 Å². The van der Waals surface area contributed by atoms with Crippen LogP contribution in [0.25, 0.3) is 11.5 Å². The third kappa shape index (κ3) is 12.3. The summed E-state index contributed by atoms with van der Waals surface area (Å²) in [4.78, 5) is 0. The fourth-order valence-electron chi connectivity index (χ4n) is 0. The normalized spacial score (nSPS) is 6.00. The van der Waals surface area contributed by atoms with Gasteiger partial charge in [0.1, 0.15) is 0 Å². The average molecular weight is 123 g/mol. The summed E-state index contributed by atoms with van der Waals surface area (Å²) in [5, 5.41) is 0. The van der Waals surface area contributed by atoms with Gasteiger partial charge in [-0.15, -0.1) is 0 Å². The molecule has 0 fully saturated rings. The van der Waals surface area contributed by atoms with E-state index in [-0.39, 0.29) is 32.6 Å². The van der Waals surface area contributed by atoms with Crippen molar-refractivity contribution < 1.29 is 19.5 Å². The third-order valence-corrected chi connectivity index (χ3v) is 0.125. The first-order valence-electron chi connectivity index (χ1n) is 1.21. The molecule has 5 heavy (non-hydrogen) atoms. The van der Waals surface area contributed by atoms with Gasteiger partial charge in [-0.2, -0.15) is 13.1 Å². The monoisotopic (exact) mass is 122 g/mol. The summed E-state index contributed by atoms with van der Waals surface area (Å²) in [6, 6.07) is 0. The first-order valence-corrected chi connectivity index (χ1v) is 1.21. The van der Waals surface area contributed by atoms with Crippen LogP contribution in [0.1, 0.15) is 0 Å². The predicted molar refractivity (Wildman–Crippen MR) is 18.4 cm³/mol. The molecule has 0 atom stereocenters. The van der Waals surface area contributed by atoms with Gasteiger partial charge in [-0.3, -0.25) is 0 Å². The first-order chi connectivity index (χ1) is 1.91. The number of hydrogen-bond donors (Lipinski definition) is 0. The third-order valence-electron chi connectivity index (χ3n) is 0.125. The molecule has 0 saturated heterocycles. The molecule has 0 rings (SSSR count). The molecule has 0 spiro atoms. The Labute approximate surface area is 44.7 Å². The number of nitrogens with one attached hydrogen (secondary N) is 2. The van der Waals surface area contributed by atoms with Gasteiger partial charge < -0.3 is 11.5 Å². The zero-order valence-electron chi connectivity index (χ0n) is 3.12. The summed E-state index contributed by atoms with van der Waals surface area (Å²) in [7, 11) is 0. The summed E-state index contributed by atoms with van der Waals surface area (Å²) in [5.74, 6) is 0. The Morgan fingerprint density at radius 2 is 1.20 bits per heavy atom. The van der Waals surface area contributed by atoms with Crippen LogP contribution < -0.4 is 0 Å². The summed E-state index contributed by atoms with van der Waals surface area (Å²) < 4.78 is 0.